The zero-order valence-electron chi connectivity index (χ0n) is 35.9. The summed E-state index contributed by atoms with van der Waals surface area (Å²) >= 11 is 0. The molecule has 3 heteroatoms. The fourth-order valence-electron chi connectivity index (χ4n) is 11.6. The second kappa shape index (κ2) is 14.2. The van der Waals surface area contributed by atoms with E-state index in [0.29, 0.717) is 0 Å². The molecule has 2 aliphatic rings. The third-order valence-electron chi connectivity index (χ3n) is 14.2. The van der Waals surface area contributed by atoms with E-state index in [9.17, 15) is 0 Å². The number of fused-ring (bicyclic) bond motifs is 17. The zero-order chi connectivity index (χ0) is 43.3. The van der Waals surface area contributed by atoms with Gasteiger partial charge in [-0.25, -0.2) is 0 Å². The van der Waals surface area contributed by atoms with Crippen molar-refractivity contribution in [2.75, 3.05) is 9.80 Å². The van der Waals surface area contributed by atoms with Gasteiger partial charge in [0.25, 0.3) is 0 Å². The molecule has 0 fully saturated rings. The fourth-order valence-corrected chi connectivity index (χ4v) is 11.6. The highest BCUT2D eigenvalue weighted by atomic mass is 16.3. The number of hydrogen-bond acceptors (Lipinski definition) is 3. The summed E-state index contributed by atoms with van der Waals surface area (Å²) in [5.74, 6) is 0. The van der Waals surface area contributed by atoms with E-state index in [4.69, 9.17) is 4.42 Å². The molecule has 0 aliphatic heterocycles. The highest BCUT2D eigenvalue weighted by Crippen LogP contribution is 2.66. The van der Waals surface area contributed by atoms with Gasteiger partial charge in [0, 0.05) is 50.0 Å². The Morgan fingerprint density at radius 2 is 0.848 bits per heavy atom. The average Bonchev–Trinajstić information content (AvgIpc) is 4.01. The third kappa shape index (κ3) is 5.14. The molecule has 12 aromatic rings. The summed E-state index contributed by atoms with van der Waals surface area (Å²) in [7, 11) is 0. The van der Waals surface area contributed by atoms with Gasteiger partial charge in [-0.1, -0.05) is 146 Å². The topological polar surface area (TPSA) is 19.6 Å². The monoisotopic (exact) mass is 840 g/mol. The molecule has 0 saturated heterocycles. The van der Waals surface area contributed by atoms with Gasteiger partial charge in [-0.05, 0) is 152 Å². The Morgan fingerprint density at radius 1 is 0.303 bits per heavy atom. The number of hydrogen-bond donors (Lipinski definition) is 0. The second-order valence-electron chi connectivity index (χ2n) is 17.6. The van der Waals surface area contributed by atoms with Crippen molar-refractivity contribution in [2.24, 2.45) is 0 Å². The Labute approximate surface area is 382 Å². The fraction of sp³-hybridized carbons (Fsp3) is 0.0159. The number of rotatable bonds is 6. The van der Waals surface area contributed by atoms with E-state index < -0.39 is 5.41 Å². The highest BCUT2D eigenvalue weighted by molar-refractivity contribution is 6.27. The van der Waals surface area contributed by atoms with Crippen molar-refractivity contribution >= 4 is 77.6 Å². The van der Waals surface area contributed by atoms with E-state index in [2.05, 4.69) is 252 Å². The van der Waals surface area contributed by atoms with Gasteiger partial charge in [0.2, 0.25) is 0 Å². The zero-order valence-corrected chi connectivity index (χ0v) is 35.9. The predicted octanol–water partition coefficient (Wildman–Crippen LogP) is 17.2. The van der Waals surface area contributed by atoms with Crippen LogP contribution in [0.2, 0.25) is 0 Å². The lowest BCUT2D eigenvalue weighted by Gasteiger charge is -2.33. The maximum atomic E-state index is 6.77. The maximum absolute atomic E-state index is 6.77. The molecule has 0 radical (unpaired) electrons. The van der Waals surface area contributed by atoms with Crippen molar-refractivity contribution in [3.8, 4) is 22.3 Å². The molecule has 0 unspecified atom stereocenters. The van der Waals surface area contributed by atoms with Gasteiger partial charge in [0.1, 0.15) is 11.2 Å². The van der Waals surface area contributed by atoms with Crippen LogP contribution >= 0.6 is 0 Å². The van der Waals surface area contributed by atoms with Crippen LogP contribution in [0.1, 0.15) is 22.3 Å². The van der Waals surface area contributed by atoms with E-state index in [1.54, 1.807) is 0 Å². The molecule has 0 amide bonds. The van der Waals surface area contributed by atoms with Crippen LogP contribution in [0, 0.1) is 0 Å². The third-order valence-corrected chi connectivity index (χ3v) is 14.2. The van der Waals surface area contributed by atoms with Gasteiger partial charge < -0.3 is 14.2 Å². The molecular formula is C63H40N2O. The van der Waals surface area contributed by atoms with Crippen molar-refractivity contribution in [1.29, 1.82) is 0 Å². The van der Waals surface area contributed by atoms with Gasteiger partial charge in [-0.2, -0.15) is 0 Å². The highest BCUT2D eigenvalue weighted by Gasteiger charge is 2.53. The summed E-state index contributed by atoms with van der Waals surface area (Å²) in [5.41, 5.74) is 18.0. The molecule has 66 heavy (non-hydrogen) atoms. The molecule has 1 heterocycles. The Kier molecular flexibility index (Phi) is 7.90. The summed E-state index contributed by atoms with van der Waals surface area (Å²) in [4.78, 5) is 4.81. The van der Waals surface area contributed by atoms with Gasteiger partial charge in [-0.3, -0.25) is 0 Å². The molecule has 1 spiro atoms. The molecule has 0 atom stereocenters. The first kappa shape index (κ1) is 36.8. The number of nitrogens with zero attached hydrogens (tertiary/aromatic N) is 2. The molecule has 14 rings (SSSR count). The summed E-state index contributed by atoms with van der Waals surface area (Å²) in [6.45, 7) is 0. The molecule has 0 N–H and O–H groups in total. The van der Waals surface area contributed by atoms with Crippen LogP contribution in [0.3, 0.4) is 0 Å². The van der Waals surface area contributed by atoms with Crippen molar-refractivity contribution in [2.45, 2.75) is 5.41 Å². The quantitative estimate of drug-likeness (QED) is 0.166. The molecule has 3 nitrogen and oxygen atoms in total. The Bertz CT molecular complexity index is 3750. The van der Waals surface area contributed by atoms with Crippen molar-refractivity contribution in [3.63, 3.8) is 0 Å². The molecule has 11 aromatic carbocycles. The lowest BCUT2D eigenvalue weighted by atomic mass is 9.70. The summed E-state index contributed by atoms with van der Waals surface area (Å²) in [6, 6.07) is 88.8. The van der Waals surface area contributed by atoms with Crippen LogP contribution < -0.4 is 9.80 Å². The number of benzene rings is 11. The second-order valence-corrected chi connectivity index (χ2v) is 17.6. The van der Waals surface area contributed by atoms with E-state index in [1.165, 1.54) is 66.1 Å². The molecule has 308 valence electrons. The minimum absolute atomic E-state index is 0.635. The first-order valence-corrected chi connectivity index (χ1v) is 22.8. The van der Waals surface area contributed by atoms with Gasteiger partial charge >= 0.3 is 0 Å². The summed E-state index contributed by atoms with van der Waals surface area (Å²) < 4.78 is 6.77. The SMILES string of the molecule is c1ccc(N(c2ccccc2)c2ccc3cc4c(cc3c2)C2(c3ccccc3-c3ccccc32)c2cc(N(c3ccccc3)c3ccccc3)c3ccc5oc6ccccc6c5c3c2-4)cc1. The van der Waals surface area contributed by atoms with Crippen LogP contribution in [-0.2, 0) is 5.41 Å². The largest absolute Gasteiger partial charge is 0.456 e. The maximum Gasteiger partial charge on any atom is 0.136 e. The normalized spacial score (nSPS) is 13.0. The van der Waals surface area contributed by atoms with E-state index in [0.717, 1.165) is 56.1 Å². The molecule has 1 aromatic heterocycles. The van der Waals surface area contributed by atoms with Gasteiger partial charge in [0.05, 0.1) is 11.1 Å². The average molecular weight is 841 g/mol. The number of anilines is 6. The van der Waals surface area contributed by atoms with Crippen LogP contribution in [0.5, 0.6) is 0 Å². The van der Waals surface area contributed by atoms with Crippen molar-refractivity contribution in [1.82, 2.24) is 0 Å². The van der Waals surface area contributed by atoms with Crippen LogP contribution in [0.4, 0.5) is 34.1 Å². The van der Waals surface area contributed by atoms with Crippen LogP contribution in [0.15, 0.2) is 247 Å². The number of furan rings is 1. The predicted molar refractivity (Wildman–Crippen MR) is 274 cm³/mol. The standard InChI is InChI=1S/C63H40N2O/c1-5-19-43(20-6-1)64(44-21-7-2-8-22-44)47-34-33-41-38-52-55(39-42(41)37-47)63(53-30-16-13-27-48(53)49-28-14-17-31-54(49)63)56-40-57(65(45-23-9-3-10-24-45)46-25-11-4-12-26-46)50-35-36-59-61(62(50)60(52)56)51-29-15-18-32-58(51)66-59/h1-40H. The molecule has 2 aliphatic carbocycles. The van der Waals surface area contributed by atoms with Crippen molar-refractivity contribution in [3.05, 3.63) is 265 Å². The smallest absolute Gasteiger partial charge is 0.136 e. The lowest BCUT2D eigenvalue weighted by Crippen LogP contribution is -2.26. The number of para-hydroxylation sites is 5. The Morgan fingerprint density at radius 3 is 1.47 bits per heavy atom. The molecule has 0 bridgehead atoms. The van der Waals surface area contributed by atoms with Gasteiger partial charge in [0.15, 0.2) is 0 Å². The first-order chi connectivity index (χ1) is 32.8. The minimum Gasteiger partial charge on any atom is -0.456 e. The van der Waals surface area contributed by atoms with E-state index in [1.807, 2.05) is 0 Å². The molecule has 0 saturated carbocycles. The van der Waals surface area contributed by atoms with Crippen LogP contribution in [0.25, 0.3) is 65.7 Å². The summed E-state index contributed by atoms with van der Waals surface area (Å²) in [5, 5.41) is 7.01. The lowest BCUT2D eigenvalue weighted by molar-refractivity contribution is 0.669. The van der Waals surface area contributed by atoms with Crippen LogP contribution in [-0.4, -0.2) is 0 Å². The minimum atomic E-state index is -0.635. The summed E-state index contributed by atoms with van der Waals surface area (Å²) in [6.07, 6.45) is 0. The molecular weight excluding hydrogens is 801 g/mol. The first-order valence-electron chi connectivity index (χ1n) is 22.8. The Balaban J connectivity index is 1.15. The Hall–Kier alpha value is -8.66. The van der Waals surface area contributed by atoms with E-state index in [-0.39, 0.29) is 0 Å². The van der Waals surface area contributed by atoms with Gasteiger partial charge in [-0.15, -0.1) is 0 Å². The van der Waals surface area contributed by atoms with Crippen molar-refractivity contribution < 1.29 is 4.42 Å². The van der Waals surface area contributed by atoms with E-state index >= 15 is 0 Å².